The first-order chi connectivity index (χ1) is 11.5. The quantitative estimate of drug-likeness (QED) is 0.918. The van der Waals surface area contributed by atoms with Gasteiger partial charge >= 0.3 is 0 Å². The maximum Gasteiger partial charge on any atom is 0.257 e. The summed E-state index contributed by atoms with van der Waals surface area (Å²) < 4.78 is 5.44. The second-order valence-electron chi connectivity index (χ2n) is 5.86. The fourth-order valence-corrected chi connectivity index (χ4v) is 3.02. The van der Waals surface area contributed by atoms with Crippen molar-refractivity contribution in [3.05, 3.63) is 47.2 Å². The zero-order chi connectivity index (χ0) is 17.3. The topological polar surface area (TPSA) is 92.7 Å². The standard InChI is InChI=1S/C17H20N4O3/c1-11-9-13(12(2)24-11)17(23)21-7-5-20(6-8-21)15-3-4-19-10-14(15)16(18)22/h3-4,9-10H,5-8H2,1-2H3,(H2,18,22). The Balaban J connectivity index is 1.71. The number of hydrogen-bond acceptors (Lipinski definition) is 5. The van der Waals surface area contributed by atoms with Crippen LogP contribution in [0.5, 0.6) is 0 Å². The molecular formula is C17H20N4O3. The van der Waals surface area contributed by atoms with E-state index < -0.39 is 5.91 Å². The Labute approximate surface area is 140 Å². The summed E-state index contributed by atoms with van der Waals surface area (Å²) in [6, 6.07) is 3.55. The van der Waals surface area contributed by atoms with Crippen molar-refractivity contribution in [3.8, 4) is 0 Å². The number of pyridine rings is 1. The Morgan fingerprint density at radius 1 is 1.17 bits per heavy atom. The number of furan rings is 1. The van der Waals surface area contributed by atoms with Crippen LogP contribution in [0.25, 0.3) is 0 Å². The second kappa shape index (κ2) is 6.35. The second-order valence-corrected chi connectivity index (χ2v) is 5.86. The van der Waals surface area contributed by atoms with Crippen LogP contribution in [-0.4, -0.2) is 47.9 Å². The van der Waals surface area contributed by atoms with Crippen LogP contribution in [0.15, 0.2) is 28.9 Å². The van der Waals surface area contributed by atoms with E-state index in [0.29, 0.717) is 43.1 Å². The van der Waals surface area contributed by atoms with Crippen LogP contribution in [0, 0.1) is 13.8 Å². The first-order valence-electron chi connectivity index (χ1n) is 7.82. The van der Waals surface area contributed by atoms with E-state index in [0.717, 1.165) is 11.4 Å². The third-order valence-electron chi connectivity index (χ3n) is 4.24. The molecule has 0 unspecified atom stereocenters. The van der Waals surface area contributed by atoms with Gasteiger partial charge in [-0.15, -0.1) is 0 Å². The van der Waals surface area contributed by atoms with Gasteiger partial charge in [0.1, 0.15) is 11.5 Å². The summed E-state index contributed by atoms with van der Waals surface area (Å²) in [5.41, 5.74) is 7.19. The molecule has 0 spiro atoms. The van der Waals surface area contributed by atoms with Gasteiger partial charge in [0, 0.05) is 38.6 Å². The van der Waals surface area contributed by atoms with Crippen molar-refractivity contribution in [1.29, 1.82) is 0 Å². The van der Waals surface area contributed by atoms with E-state index in [4.69, 9.17) is 10.2 Å². The van der Waals surface area contributed by atoms with Gasteiger partial charge in [-0.05, 0) is 26.0 Å². The van der Waals surface area contributed by atoms with Gasteiger partial charge in [0.25, 0.3) is 11.8 Å². The van der Waals surface area contributed by atoms with E-state index in [1.165, 1.54) is 6.20 Å². The highest BCUT2D eigenvalue weighted by Crippen LogP contribution is 2.22. The molecule has 7 nitrogen and oxygen atoms in total. The Morgan fingerprint density at radius 3 is 2.46 bits per heavy atom. The minimum atomic E-state index is -0.499. The van der Waals surface area contributed by atoms with E-state index in [-0.39, 0.29) is 5.91 Å². The molecule has 2 N–H and O–H groups in total. The highest BCUT2D eigenvalue weighted by atomic mass is 16.3. The molecule has 0 bridgehead atoms. The predicted molar refractivity (Wildman–Crippen MR) is 89.1 cm³/mol. The lowest BCUT2D eigenvalue weighted by atomic mass is 10.1. The highest BCUT2D eigenvalue weighted by Gasteiger charge is 2.26. The van der Waals surface area contributed by atoms with Gasteiger partial charge in [-0.1, -0.05) is 0 Å². The Bertz CT molecular complexity index is 776. The summed E-state index contributed by atoms with van der Waals surface area (Å²) in [5.74, 6) is 0.859. The number of anilines is 1. The zero-order valence-electron chi connectivity index (χ0n) is 13.8. The summed E-state index contributed by atoms with van der Waals surface area (Å²) in [4.78, 5) is 32.0. The van der Waals surface area contributed by atoms with Crippen molar-refractivity contribution >= 4 is 17.5 Å². The van der Waals surface area contributed by atoms with Gasteiger partial charge < -0.3 is 20.0 Å². The number of carbonyl (C=O) groups excluding carboxylic acids is 2. The summed E-state index contributed by atoms with van der Waals surface area (Å²) in [5, 5.41) is 0. The van der Waals surface area contributed by atoms with Crippen molar-refractivity contribution in [2.24, 2.45) is 5.73 Å². The van der Waals surface area contributed by atoms with Crippen LogP contribution in [0.1, 0.15) is 32.2 Å². The molecule has 3 rings (SSSR count). The predicted octanol–water partition coefficient (Wildman–Crippen LogP) is 1.35. The molecule has 0 atom stereocenters. The third-order valence-corrected chi connectivity index (χ3v) is 4.24. The molecule has 0 saturated carbocycles. The Kier molecular flexibility index (Phi) is 4.24. The number of amides is 2. The molecule has 3 heterocycles. The molecule has 7 heteroatoms. The first kappa shape index (κ1) is 16.0. The molecule has 126 valence electrons. The van der Waals surface area contributed by atoms with Crippen LogP contribution < -0.4 is 10.6 Å². The van der Waals surface area contributed by atoms with Crippen LogP contribution in [0.3, 0.4) is 0 Å². The number of aryl methyl sites for hydroxylation is 2. The largest absolute Gasteiger partial charge is 0.466 e. The Hall–Kier alpha value is -2.83. The average molecular weight is 328 g/mol. The van der Waals surface area contributed by atoms with E-state index in [1.807, 2.05) is 6.92 Å². The number of piperazine rings is 1. The highest BCUT2D eigenvalue weighted by molar-refractivity contribution is 5.98. The lowest BCUT2D eigenvalue weighted by Gasteiger charge is -2.36. The summed E-state index contributed by atoms with van der Waals surface area (Å²) in [6.45, 7) is 6.03. The monoisotopic (exact) mass is 328 g/mol. The van der Waals surface area contributed by atoms with E-state index in [2.05, 4.69) is 9.88 Å². The molecule has 1 aliphatic heterocycles. The maximum absolute atomic E-state index is 12.6. The molecule has 0 aliphatic carbocycles. The van der Waals surface area contributed by atoms with E-state index in [9.17, 15) is 9.59 Å². The summed E-state index contributed by atoms with van der Waals surface area (Å²) >= 11 is 0. The van der Waals surface area contributed by atoms with Crippen molar-refractivity contribution in [3.63, 3.8) is 0 Å². The molecule has 1 saturated heterocycles. The third kappa shape index (κ3) is 2.97. The first-order valence-corrected chi connectivity index (χ1v) is 7.82. The van der Waals surface area contributed by atoms with E-state index in [1.54, 1.807) is 30.2 Å². The normalized spacial score (nSPS) is 14.8. The maximum atomic E-state index is 12.6. The van der Waals surface area contributed by atoms with Gasteiger partial charge in [-0.3, -0.25) is 14.6 Å². The lowest BCUT2D eigenvalue weighted by molar-refractivity contribution is 0.0744. The fraction of sp³-hybridized carbons (Fsp3) is 0.353. The van der Waals surface area contributed by atoms with Crippen molar-refractivity contribution in [1.82, 2.24) is 9.88 Å². The number of carbonyl (C=O) groups is 2. The molecular weight excluding hydrogens is 308 g/mol. The number of nitrogens with two attached hydrogens (primary N) is 1. The Morgan fingerprint density at radius 2 is 1.88 bits per heavy atom. The number of rotatable bonds is 3. The zero-order valence-corrected chi connectivity index (χ0v) is 13.8. The molecule has 24 heavy (non-hydrogen) atoms. The van der Waals surface area contributed by atoms with Crippen LogP contribution in [0.4, 0.5) is 5.69 Å². The number of nitrogens with zero attached hydrogens (tertiary/aromatic N) is 3. The van der Waals surface area contributed by atoms with Gasteiger partial charge in [-0.2, -0.15) is 0 Å². The molecule has 1 fully saturated rings. The molecule has 2 amide bonds. The van der Waals surface area contributed by atoms with Gasteiger partial charge in [0.15, 0.2) is 0 Å². The average Bonchev–Trinajstić information content (AvgIpc) is 2.92. The number of hydrogen-bond donors (Lipinski definition) is 1. The van der Waals surface area contributed by atoms with E-state index >= 15 is 0 Å². The van der Waals surface area contributed by atoms with Crippen molar-refractivity contribution in [2.75, 3.05) is 31.1 Å². The lowest BCUT2D eigenvalue weighted by Crippen LogP contribution is -2.49. The van der Waals surface area contributed by atoms with Gasteiger partial charge in [0.2, 0.25) is 0 Å². The van der Waals surface area contributed by atoms with Crippen LogP contribution in [-0.2, 0) is 0 Å². The van der Waals surface area contributed by atoms with Crippen molar-refractivity contribution < 1.29 is 14.0 Å². The van der Waals surface area contributed by atoms with Gasteiger partial charge in [0.05, 0.1) is 16.8 Å². The fourth-order valence-electron chi connectivity index (χ4n) is 3.02. The van der Waals surface area contributed by atoms with Crippen molar-refractivity contribution in [2.45, 2.75) is 13.8 Å². The molecule has 0 radical (unpaired) electrons. The number of primary amides is 1. The smallest absolute Gasteiger partial charge is 0.257 e. The minimum Gasteiger partial charge on any atom is -0.466 e. The summed E-state index contributed by atoms with van der Waals surface area (Å²) in [7, 11) is 0. The molecule has 2 aromatic heterocycles. The molecule has 2 aromatic rings. The van der Waals surface area contributed by atoms with Crippen LogP contribution in [0.2, 0.25) is 0 Å². The van der Waals surface area contributed by atoms with Gasteiger partial charge in [-0.25, -0.2) is 0 Å². The summed E-state index contributed by atoms with van der Waals surface area (Å²) in [6.07, 6.45) is 3.11. The molecule has 0 aromatic carbocycles. The number of aromatic nitrogens is 1. The molecule has 1 aliphatic rings. The van der Waals surface area contributed by atoms with Crippen LogP contribution >= 0.6 is 0 Å². The minimum absolute atomic E-state index is 0.0196. The SMILES string of the molecule is Cc1cc(C(=O)N2CCN(c3ccncc3C(N)=O)CC2)c(C)o1.